The van der Waals surface area contributed by atoms with Crippen LogP contribution in [0.2, 0.25) is 0 Å². The molecule has 9 heteroatoms. The first-order valence-corrected chi connectivity index (χ1v) is 10.6. The van der Waals surface area contributed by atoms with E-state index >= 15 is 0 Å². The minimum absolute atomic E-state index is 0.0355. The Morgan fingerprint density at radius 2 is 1.92 bits per heavy atom. The van der Waals surface area contributed by atoms with Crippen molar-refractivity contribution in [1.29, 1.82) is 0 Å². The van der Waals surface area contributed by atoms with E-state index in [0.717, 1.165) is 3.57 Å². The van der Waals surface area contributed by atoms with E-state index in [1.807, 2.05) is 0 Å². The largest absolute Gasteiger partial charge is 0.269 e. The summed E-state index contributed by atoms with van der Waals surface area (Å²) in [5.74, 6) is 0.650. The molecule has 1 saturated heterocycles. The van der Waals surface area contributed by atoms with Gasteiger partial charge in [0.15, 0.2) is 0 Å². The van der Waals surface area contributed by atoms with Crippen molar-refractivity contribution in [3.8, 4) is 0 Å². The van der Waals surface area contributed by atoms with Crippen molar-refractivity contribution < 1.29 is 13.3 Å². The minimum Gasteiger partial charge on any atom is -0.258 e. The third-order valence-electron chi connectivity index (χ3n) is 3.64. The molecule has 0 amide bonds. The predicted octanol–water partition coefficient (Wildman–Crippen LogP) is 3.64. The van der Waals surface area contributed by atoms with Gasteiger partial charge in [-0.2, -0.15) is 4.31 Å². The molecule has 0 aromatic heterocycles. The van der Waals surface area contributed by atoms with E-state index in [2.05, 4.69) is 22.6 Å². The van der Waals surface area contributed by atoms with E-state index in [0.29, 0.717) is 17.9 Å². The predicted molar refractivity (Wildman–Crippen MR) is 101 cm³/mol. The maximum absolute atomic E-state index is 12.9. The quantitative estimate of drug-likeness (QED) is 0.383. The Labute approximate surface area is 157 Å². The molecule has 0 unspecified atom stereocenters. The lowest BCUT2D eigenvalue weighted by molar-refractivity contribution is -0.384. The summed E-state index contributed by atoms with van der Waals surface area (Å²) in [5.41, 5.74) is 0.590. The lowest BCUT2D eigenvalue weighted by Crippen LogP contribution is -2.30. The number of sulfonamides is 1. The molecule has 2 aromatic rings. The zero-order valence-corrected chi connectivity index (χ0v) is 16.1. The lowest BCUT2D eigenvalue weighted by atomic mass is 10.2. The molecule has 0 bridgehead atoms. The highest BCUT2D eigenvalue weighted by atomic mass is 127. The summed E-state index contributed by atoms with van der Waals surface area (Å²) >= 11 is 3.59. The van der Waals surface area contributed by atoms with Gasteiger partial charge < -0.3 is 0 Å². The average molecular weight is 476 g/mol. The molecule has 0 saturated carbocycles. The molecule has 3 rings (SSSR count). The van der Waals surface area contributed by atoms with Crippen LogP contribution in [0.25, 0.3) is 0 Å². The van der Waals surface area contributed by atoms with E-state index < -0.39 is 20.3 Å². The van der Waals surface area contributed by atoms with E-state index in [1.165, 1.54) is 28.2 Å². The van der Waals surface area contributed by atoms with Gasteiger partial charge in [-0.15, -0.1) is 11.8 Å². The molecular formula is C15H13IN2O4S2. The highest BCUT2D eigenvalue weighted by Gasteiger charge is 2.37. The van der Waals surface area contributed by atoms with Gasteiger partial charge in [-0.05, 0) is 52.4 Å². The Bertz CT molecular complexity index is 871. The van der Waals surface area contributed by atoms with Crippen molar-refractivity contribution in [3.05, 3.63) is 67.8 Å². The summed E-state index contributed by atoms with van der Waals surface area (Å²) < 4.78 is 28.2. The van der Waals surface area contributed by atoms with Crippen molar-refractivity contribution >= 4 is 50.1 Å². The smallest absolute Gasteiger partial charge is 0.258 e. The second kappa shape index (κ2) is 6.98. The zero-order chi connectivity index (χ0) is 17.3. The van der Waals surface area contributed by atoms with Crippen LogP contribution >= 0.6 is 34.4 Å². The van der Waals surface area contributed by atoms with Gasteiger partial charge in [0.1, 0.15) is 0 Å². The summed E-state index contributed by atoms with van der Waals surface area (Å²) in [6, 6.07) is 12.8. The van der Waals surface area contributed by atoms with Crippen LogP contribution in [-0.2, 0) is 10.0 Å². The molecule has 1 heterocycles. The Morgan fingerprint density at radius 3 is 2.58 bits per heavy atom. The number of thioether (sulfide) groups is 1. The SMILES string of the molecule is O=[N+]([O-])c1cccc([C@@H]2SCCN2S(=O)(=O)c2ccc(I)cc2)c1. The lowest BCUT2D eigenvalue weighted by Gasteiger charge is -2.23. The third-order valence-corrected chi connectivity index (χ3v) is 7.63. The highest BCUT2D eigenvalue weighted by molar-refractivity contribution is 14.1. The van der Waals surface area contributed by atoms with Crippen LogP contribution in [0, 0.1) is 13.7 Å². The van der Waals surface area contributed by atoms with E-state index in [4.69, 9.17) is 0 Å². The molecule has 0 spiro atoms. The first-order chi connectivity index (χ1) is 11.4. The number of nitrogens with zero attached hydrogens (tertiary/aromatic N) is 2. The van der Waals surface area contributed by atoms with Crippen molar-refractivity contribution in [1.82, 2.24) is 4.31 Å². The Balaban J connectivity index is 1.97. The van der Waals surface area contributed by atoms with Gasteiger partial charge >= 0.3 is 0 Å². The highest BCUT2D eigenvalue weighted by Crippen LogP contribution is 2.42. The van der Waals surface area contributed by atoms with Crippen LogP contribution in [0.5, 0.6) is 0 Å². The molecule has 1 aliphatic rings. The summed E-state index contributed by atoms with van der Waals surface area (Å²) in [7, 11) is -3.65. The van der Waals surface area contributed by atoms with Gasteiger partial charge in [-0.25, -0.2) is 8.42 Å². The molecule has 0 radical (unpaired) electrons. The molecule has 24 heavy (non-hydrogen) atoms. The van der Waals surface area contributed by atoms with Gasteiger partial charge in [-0.3, -0.25) is 10.1 Å². The molecule has 1 atom stereocenters. The van der Waals surface area contributed by atoms with Gasteiger partial charge in [0.05, 0.1) is 15.2 Å². The van der Waals surface area contributed by atoms with Gasteiger partial charge in [0.25, 0.3) is 5.69 Å². The summed E-state index contributed by atoms with van der Waals surface area (Å²) in [6.07, 6.45) is 0. The summed E-state index contributed by atoms with van der Waals surface area (Å²) in [6.45, 7) is 0.381. The van der Waals surface area contributed by atoms with Gasteiger partial charge in [0, 0.05) is 28.0 Å². The molecule has 1 fully saturated rings. The standard InChI is InChI=1S/C15H13IN2O4S2/c16-12-4-6-14(7-5-12)24(21,22)17-8-9-23-15(17)11-2-1-3-13(10-11)18(19)20/h1-7,10,15H,8-9H2/t15-/m0/s1. The summed E-state index contributed by atoms with van der Waals surface area (Å²) in [5, 5.41) is 10.5. The van der Waals surface area contributed by atoms with E-state index in [1.54, 1.807) is 36.4 Å². The normalized spacial score (nSPS) is 18.6. The van der Waals surface area contributed by atoms with Crippen molar-refractivity contribution in [2.75, 3.05) is 12.3 Å². The Kier molecular flexibility index (Phi) is 5.13. The maximum atomic E-state index is 12.9. The Morgan fingerprint density at radius 1 is 1.21 bits per heavy atom. The Hall–Kier alpha value is -1.17. The molecular weight excluding hydrogens is 463 g/mol. The van der Waals surface area contributed by atoms with Crippen molar-refractivity contribution in [2.45, 2.75) is 10.3 Å². The van der Waals surface area contributed by atoms with E-state index in [-0.39, 0.29) is 10.6 Å². The molecule has 2 aromatic carbocycles. The number of benzene rings is 2. The molecule has 0 aliphatic carbocycles. The first-order valence-electron chi connectivity index (χ1n) is 7.03. The minimum atomic E-state index is -3.65. The van der Waals surface area contributed by atoms with Crippen LogP contribution in [0.15, 0.2) is 53.4 Å². The van der Waals surface area contributed by atoms with Crippen LogP contribution < -0.4 is 0 Å². The van der Waals surface area contributed by atoms with Crippen LogP contribution in [-0.4, -0.2) is 29.9 Å². The number of non-ortho nitro benzene ring substituents is 1. The maximum Gasteiger partial charge on any atom is 0.269 e. The van der Waals surface area contributed by atoms with Crippen molar-refractivity contribution in [3.63, 3.8) is 0 Å². The second-order valence-electron chi connectivity index (χ2n) is 5.14. The number of hydrogen-bond acceptors (Lipinski definition) is 5. The monoisotopic (exact) mass is 476 g/mol. The number of nitro benzene ring substituents is 1. The number of nitro groups is 1. The average Bonchev–Trinajstić information content (AvgIpc) is 3.06. The summed E-state index contributed by atoms with van der Waals surface area (Å²) in [4.78, 5) is 10.7. The number of halogens is 1. The van der Waals surface area contributed by atoms with Crippen LogP contribution in [0.3, 0.4) is 0 Å². The van der Waals surface area contributed by atoms with Crippen molar-refractivity contribution in [2.24, 2.45) is 0 Å². The second-order valence-corrected chi connectivity index (χ2v) is 9.47. The molecule has 1 aliphatic heterocycles. The number of hydrogen-bond donors (Lipinski definition) is 0. The third kappa shape index (κ3) is 3.44. The fourth-order valence-corrected chi connectivity index (χ4v) is 6.09. The van der Waals surface area contributed by atoms with E-state index in [9.17, 15) is 18.5 Å². The van der Waals surface area contributed by atoms with Gasteiger partial charge in [0.2, 0.25) is 10.0 Å². The number of rotatable bonds is 4. The molecule has 6 nitrogen and oxygen atoms in total. The van der Waals surface area contributed by atoms with Gasteiger partial charge in [-0.1, -0.05) is 12.1 Å². The topological polar surface area (TPSA) is 80.5 Å². The first kappa shape index (κ1) is 17.6. The fraction of sp³-hybridized carbons (Fsp3) is 0.200. The van der Waals surface area contributed by atoms with Crippen LogP contribution in [0.4, 0.5) is 5.69 Å². The van der Waals surface area contributed by atoms with Crippen LogP contribution in [0.1, 0.15) is 10.9 Å². The fourth-order valence-electron chi connectivity index (χ4n) is 2.50. The zero-order valence-electron chi connectivity index (χ0n) is 12.3. The molecule has 0 N–H and O–H groups in total. The molecule has 126 valence electrons.